The fraction of sp³-hybridized carbons (Fsp3) is 0.394. The molecule has 1 N–H and O–H groups in total. The topological polar surface area (TPSA) is 96.0 Å². The number of anilines is 1. The molecule has 0 saturated heterocycles. The van der Waals surface area contributed by atoms with Crippen LogP contribution in [0.2, 0.25) is 0 Å². The van der Waals surface area contributed by atoms with E-state index in [1.807, 2.05) is 51.1 Å². The van der Waals surface area contributed by atoms with Gasteiger partial charge < -0.3 is 15.0 Å². The van der Waals surface area contributed by atoms with Crippen LogP contribution in [0.3, 0.4) is 0 Å². The molecular formula is C33H41N3O5S. The highest BCUT2D eigenvalue weighted by Crippen LogP contribution is 2.27. The molecule has 8 nitrogen and oxygen atoms in total. The summed E-state index contributed by atoms with van der Waals surface area (Å²) in [6.45, 7) is 5.31. The highest BCUT2D eigenvalue weighted by atomic mass is 32.2. The fourth-order valence-electron chi connectivity index (χ4n) is 5.60. The van der Waals surface area contributed by atoms with Crippen molar-refractivity contribution in [3.63, 3.8) is 0 Å². The van der Waals surface area contributed by atoms with Crippen LogP contribution in [0.25, 0.3) is 0 Å². The van der Waals surface area contributed by atoms with E-state index in [1.165, 1.54) is 17.0 Å². The molecule has 2 amide bonds. The second kappa shape index (κ2) is 13.9. The molecule has 0 aromatic heterocycles. The summed E-state index contributed by atoms with van der Waals surface area (Å²) < 4.78 is 34.6. The zero-order valence-corrected chi connectivity index (χ0v) is 25.7. The van der Waals surface area contributed by atoms with Gasteiger partial charge in [0.2, 0.25) is 11.8 Å². The lowest BCUT2D eigenvalue weighted by Gasteiger charge is -2.34. The van der Waals surface area contributed by atoms with Crippen molar-refractivity contribution in [2.75, 3.05) is 18.0 Å². The molecule has 0 spiro atoms. The number of hydrogen-bond acceptors (Lipinski definition) is 5. The highest BCUT2D eigenvalue weighted by molar-refractivity contribution is 7.92. The largest absolute Gasteiger partial charge is 0.497 e. The summed E-state index contributed by atoms with van der Waals surface area (Å²) in [5, 5.41) is 3.14. The highest BCUT2D eigenvalue weighted by Gasteiger charge is 2.34. The Hall–Kier alpha value is -3.85. The minimum atomic E-state index is -4.11. The summed E-state index contributed by atoms with van der Waals surface area (Å²) in [6.07, 6.45) is 4.35. The van der Waals surface area contributed by atoms with Crippen molar-refractivity contribution in [1.82, 2.24) is 10.2 Å². The third-order valence-electron chi connectivity index (χ3n) is 7.68. The summed E-state index contributed by atoms with van der Waals surface area (Å²) in [5.41, 5.74) is 2.93. The number of carbonyl (C=O) groups is 2. The normalized spacial score (nSPS) is 14.3. The monoisotopic (exact) mass is 591 g/mol. The summed E-state index contributed by atoms with van der Waals surface area (Å²) in [6, 6.07) is 20.2. The summed E-state index contributed by atoms with van der Waals surface area (Å²) >= 11 is 0. The van der Waals surface area contributed by atoms with Crippen LogP contribution in [0, 0.1) is 13.8 Å². The third-order valence-corrected chi connectivity index (χ3v) is 9.47. The van der Waals surface area contributed by atoms with Crippen LogP contribution in [0.5, 0.6) is 5.75 Å². The number of rotatable bonds is 12. The Morgan fingerprint density at radius 1 is 0.952 bits per heavy atom. The van der Waals surface area contributed by atoms with E-state index in [2.05, 4.69) is 5.32 Å². The average molecular weight is 592 g/mol. The molecular weight excluding hydrogens is 550 g/mol. The van der Waals surface area contributed by atoms with E-state index in [1.54, 1.807) is 37.4 Å². The SMILES string of the molecule is CC[C@@H](C(=O)NC1CCCC1)N(Cc1cccc(OC)c1)C(=O)CN(c1cc(C)cc(C)c1)S(=O)(=O)c1ccccc1. The predicted molar refractivity (Wildman–Crippen MR) is 165 cm³/mol. The van der Waals surface area contributed by atoms with Crippen molar-refractivity contribution in [3.8, 4) is 5.75 Å². The van der Waals surface area contributed by atoms with Crippen LogP contribution in [0.4, 0.5) is 5.69 Å². The second-order valence-electron chi connectivity index (χ2n) is 11.0. The van der Waals surface area contributed by atoms with E-state index in [0.717, 1.165) is 46.7 Å². The van der Waals surface area contributed by atoms with Crippen LogP contribution in [-0.4, -0.2) is 50.9 Å². The van der Waals surface area contributed by atoms with Gasteiger partial charge in [-0.05, 0) is 86.2 Å². The number of ether oxygens (including phenoxy) is 1. The lowest BCUT2D eigenvalue weighted by molar-refractivity contribution is -0.140. The van der Waals surface area contributed by atoms with Gasteiger partial charge in [0.25, 0.3) is 10.0 Å². The van der Waals surface area contributed by atoms with Gasteiger partial charge in [0.15, 0.2) is 0 Å². The Morgan fingerprint density at radius 3 is 2.24 bits per heavy atom. The Balaban J connectivity index is 1.74. The first-order valence-corrected chi connectivity index (χ1v) is 15.9. The molecule has 1 aliphatic rings. The smallest absolute Gasteiger partial charge is 0.264 e. The number of sulfonamides is 1. The molecule has 0 unspecified atom stereocenters. The molecule has 9 heteroatoms. The van der Waals surface area contributed by atoms with Crippen molar-refractivity contribution >= 4 is 27.5 Å². The Bertz CT molecular complexity index is 1470. The first-order valence-electron chi connectivity index (χ1n) is 14.5. The van der Waals surface area contributed by atoms with Crippen molar-refractivity contribution in [1.29, 1.82) is 0 Å². The fourth-order valence-corrected chi connectivity index (χ4v) is 7.02. The van der Waals surface area contributed by atoms with Crippen LogP contribution in [0.1, 0.15) is 55.7 Å². The molecule has 1 saturated carbocycles. The number of hydrogen-bond donors (Lipinski definition) is 1. The number of amides is 2. The van der Waals surface area contributed by atoms with Gasteiger partial charge in [-0.3, -0.25) is 13.9 Å². The van der Waals surface area contributed by atoms with E-state index in [-0.39, 0.29) is 23.4 Å². The standard InChI is InChI=1S/C33H41N3O5S/c1-5-31(33(38)34-27-13-9-10-14-27)35(22-26-12-11-15-29(21-26)41-4)32(37)23-36(28-19-24(2)18-25(3)20-28)42(39,40)30-16-7-6-8-17-30/h6-8,11-12,15-21,27,31H,5,9-10,13-14,22-23H2,1-4H3,(H,34,38)/t31-/m0/s1. The molecule has 0 radical (unpaired) electrons. The van der Waals surface area contributed by atoms with Gasteiger partial charge in [-0.2, -0.15) is 0 Å². The molecule has 4 rings (SSSR count). The third kappa shape index (κ3) is 7.50. The number of nitrogens with zero attached hydrogens (tertiary/aromatic N) is 2. The number of methoxy groups -OCH3 is 1. The number of benzene rings is 3. The predicted octanol–water partition coefficient (Wildman–Crippen LogP) is 5.37. The van der Waals surface area contributed by atoms with E-state index < -0.39 is 28.5 Å². The lowest BCUT2D eigenvalue weighted by Crippen LogP contribution is -2.53. The number of carbonyl (C=O) groups excluding carboxylic acids is 2. The Labute approximate surface area is 249 Å². The lowest BCUT2D eigenvalue weighted by atomic mass is 10.1. The van der Waals surface area contributed by atoms with Crippen molar-refractivity contribution in [2.45, 2.75) is 76.4 Å². The quantitative estimate of drug-likeness (QED) is 0.305. The second-order valence-corrected chi connectivity index (χ2v) is 12.8. The van der Waals surface area contributed by atoms with Gasteiger partial charge in [0.05, 0.1) is 17.7 Å². The van der Waals surface area contributed by atoms with Gasteiger partial charge in [0.1, 0.15) is 18.3 Å². The maximum absolute atomic E-state index is 14.3. The maximum atomic E-state index is 14.3. The summed E-state index contributed by atoms with van der Waals surface area (Å²) in [7, 11) is -2.53. The van der Waals surface area contributed by atoms with Gasteiger partial charge in [-0.25, -0.2) is 8.42 Å². The molecule has 1 aliphatic carbocycles. The average Bonchev–Trinajstić information content (AvgIpc) is 3.48. The summed E-state index contributed by atoms with van der Waals surface area (Å²) in [4.78, 5) is 29.5. The van der Waals surface area contributed by atoms with E-state index in [0.29, 0.717) is 17.9 Å². The van der Waals surface area contributed by atoms with Gasteiger partial charge in [0, 0.05) is 12.6 Å². The molecule has 3 aromatic rings. The molecule has 3 aromatic carbocycles. The molecule has 0 heterocycles. The van der Waals surface area contributed by atoms with Gasteiger partial charge >= 0.3 is 0 Å². The molecule has 224 valence electrons. The van der Waals surface area contributed by atoms with Gasteiger partial charge in [-0.1, -0.05) is 56.2 Å². The zero-order valence-electron chi connectivity index (χ0n) is 24.9. The van der Waals surface area contributed by atoms with E-state index in [4.69, 9.17) is 4.74 Å². The van der Waals surface area contributed by atoms with Crippen LogP contribution in [-0.2, 0) is 26.2 Å². The first-order chi connectivity index (χ1) is 20.1. The van der Waals surface area contributed by atoms with Crippen molar-refractivity contribution in [3.05, 3.63) is 89.5 Å². The van der Waals surface area contributed by atoms with E-state index in [9.17, 15) is 18.0 Å². The zero-order chi connectivity index (χ0) is 30.3. The molecule has 0 bridgehead atoms. The van der Waals surface area contributed by atoms with Crippen LogP contribution >= 0.6 is 0 Å². The van der Waals surface area contributed by atoms with Crippen LogP contribution in [0.15, 0.2) is 77.7 Å². The van der Waals surface area contributed by atoms with Crippen LogP contribution < -0.4 is 14.4 Å². The van der Waals surface area contributed by atoms with E-state index >= 15 is 0 Å². The minimum Gasteiger partial charge on any atom is -0.497 e. The molecule has 1 fully saturated rings. The van der Waals surface area contributed by atoms with Crippen molar-refractivity contribution in [2.24, 2.45) is 0 Å². The number of nitrogens with one attached hydrogen (secondary N) is 1. The maximum Gasteiger partial charge on any atom is 0.264 e. The minimum absolute atomic E-state index is 0.0855. The molecule has 42 heavy (non-hydrogen) atoms. The Kier molecular flexibility index (Phi) is 10.3. The van der Waals surface area contributed by atoms with Crippen molar-refractivity contribution < 1.29 is 22.7 Å². The first kappa shape index (κ1) is 31.1. The van der Waals surface area contributed by atoms with Gasteiger partial charge in [-0.15, -0.1) is 0 Å². The summed E-state index contributed by atoms with van der Waals surface area (Å²) in [5.74, 6) is -0.0544. The molecule has 1 atom stereocenters. The Morgan fingerprint density at radius 2 is 1.62 bits per heavy atom. The number of aryl methyl sites for hydroxylation is 2. The molecule has 0 aliphatic heterocycles.